The molecule has 4 N–H and O–H groups in total. The van der Waals surface area contributed by atoms with Crippen molar-refractivity contribution in [3.63, 3.8) is 0 Å². The molecule has 1 aromatic rings. The van der Waals surface area contributed by atoms with E-state index < -0.39 is 0 Å². The van der Waals surface area contributed by atoms with Gasteiger partial charge in [-0.25, -0.2) is 4.79 Å². The molecule has 1 aliphatic rings. The zero-order chi connectivity index (χ0) is 11.5. The summed E-state index contributed by atoms with van der Waals surface area (Å²) in [5.74, 6) is 0. The maximum Gasteiger partial charge on any atom is 0.319 e. The molecule has 0 radical (unpaired) electrons. The molecule has 1 atom stereocenters. The van der Waals surface area contributed by atoms with E-state index in [9.17, 15) is 4.79 Å². The Hall–Kier alpha value is -1.55. The Morgan fingerprint density at radius 1 is 1.38 bits per heavy atom. The fourth-order valence-electron chi connectivity index (χ4n) is 1.45. The first-order valence-electron chi connectivity index (χ1n) is 5.58. The van der Waals surface area contributed by atoms with Gasteiger partial charge in [-0.05, 0) is 37.5 Å². The number of anilines is 1. The largest absolute Gasteiger partial charge is 0.335 e. The molecule has 0 aliphatic heterocycles. The van der Waals surface area contributed by atoms with Crippen LogP contribution in [0.25, 0.3) is 0 Å². The molecule has 0 aromatic heterocycles. The zero-order valence-corrected chi connectivity index (χ0v) is 9.36. The average Bonchev–Trinajstić information content (AvgIpc) is 3.02. The van der Waals surface area contributed by atoms with Crippen molar-refractivity contribution in [2.24, 2.45) is 5.73 Å². The highest BCUT2D eigenvalue weighted by Crippen LogP contribution is 2.19. The summed E-state index contributed by atoms with van der Waals surface area (Å²) in [4.78, 5) is 11.4. The van der Waals surface area contributed by atoms with Crippen molar-refractivity contribution in [1.29, 1.82) is 0 Å². The Labute approximate surface area is 95.2 Å². The zero-order valence-electron chi connectivity index (χ0n) is 9.36. The number of carbonyl (C=O) groups is 1. The lowest BCUT2D eigenvalue weighted by molar-refractivity contribution is 0.251. The third kappa shape index (κ3) is 2.97. The van der Waals surface area contributed by atoms with Crippen molar-refractivity contribution in [2.45, 2.75) is 31.8 Å². The quantitative estimate of drug-likeness (QED) is 0.727. The highest BCUT2D eigenvalue weighted by molar-refractivity contribution is 5.89. The van der Waals surface area contributed by atoms with Crippen LogP contribution in [-0.4, -0.2) is 12.1 Å². The molecule has 0 spiro atoms. The van der Waals surface area contributed by atoms with Crippen LogP contribution in [0.2, 0.25) is 0 Å². The summed E-state index contributed by atoms with van der Waals surface area (Å²) in [6, 6.07) is 7.86. The summed E-state index contributed by atoms with van der Waals surface area (Å²) < 4.78 is 0. The number of hydrogen-bond donors (Lipinski definition) is 3. The predicted octanol–water partition coefficient (Wildman–Crippen LogP) is 1.99. The Morgan fingerprint density at radius 2 is 2.00 bits per heavy atom. The fourth-order valence-corrected chi connectivity index (χ4v) is 1.45. The van der Waals surface area contributed by atoms with Gasteiger partial charge in [0, 0.05) is 17.8 Å². The highest BCUT2D eigenvalue weighted by Gasteiger charge is 2.23. The van der Waals surface area contributed by atoms with E-state index in [1.165, 1.54) is 0 Å². The first kappa shape index (κ1) is 11.0. The monoisotopic (exact) mass is 219 g/mol. The molecule has 0 heterocycles. The minimum absolute atomic E-state index is 0.0225. The van der Waals surface area contributed by atoms with Crippen LogP contribution in [0.5, 0.6) is 0 Å². The number of amides is 2. The van der Waals surface area contributed by atoms with E-state index >= 15 is 0 Å². The second kappa shape index (κ2) is 4.53. The number of nitrogens with two attached hydrogens (primary N) is 1. The normalized spacial score (nSPS) is 16.6. The standard InChI is InChI=1S/C12H17N3O/c1-8(13)9-2-4-10(5-3-9)14-12(16)15-11-6-7-11/h2-5,8,11H,6-7,13H2,1H3,(H2,14,15,16). The Bertz CT molecular complexity index is 368. The summed E-state index contributed by atoms with van der Waals surface area (Å²) in [5.41, 5.74) is 7.60. The molecule has 2 amide bonds. The van der Waals surface area contributed by atoms with Crippen LogP contribution < -0.4 is 16.4 Å². The van der Waals surface area contributed by atoms with Gasteiger partial charge in [0.25, 0.3) is 0 Å². The molecule has 4 nitrogen and oxygen atoms in total. The van der Waals surface area contributed by atoms with Gasteiger partial charge in [0.05, 0.1) is 0 Å². The molecule has 1 aliphatic carbocycles. The average molecular weight is 219 g/mol. The first-order chi connectivity index (χ1) is 7.65. The number of urea groups is 1. The van der Waals surface area contributed by atoms with Gasteiger partial charge >= 0.3 is 6.03 Å². The van der Waals surface area contributed by atoms with Crippen LogP contribution in [0.3, 0.4) is 0 Å². The molecule has 0 saturated heterocycles. The number of rotatable bonds is 3. The number of nitrogens with one attached hydrogen (secondary N) is 2. The molecule has 86 valence electrons. The van der Waals surface area contributed by atoms with Crippen molar-refractivity contribution >= 4 is 11.7 Å². The Balaban J connectivity index is 1.90. The third-order valence-corrected chi connectivity index (χ3v) is 2.61. The molecule has 4 heteroatoms. The lowest BCUT2D eigenvalue weighted by Gasteiger charge is -2.09. The van der Waals surface area contributed by atoms with E-state index in [-0.39, 0.29) is 12.1 Å². The van der Waals surface area contributed by atoms with Crippen LogP contribution in [0.15, 0.2) is 24.3 Å². The molecule has 1 unspecified atom stereocenters. The lowest BCUT2D eigenvalue weighted by Crippen LogP contribution is -2.30. The van der Waals surface area contributed by atoms with Gasteiger partial charge in [-0.2, -0.15) is 0 Å². The van der Waals surface area contributed by atoms with Gasteiger partial charge in [-0.1, -0.05) is 12.1 Å². The van der Waals surface area contributed by atoms with Crippen LogP contribution in [0, 0.1) is 0 Å². The smallest absolute Gasteiger partial charge is 0.319 e. The summed E-state index contributed by atoms with van der Waals surface area (Å²) in [5, 5.41) is 5.65. The number of carbonyl (C=O) groups excluding carboxylic acids is 1. The van der Waals surface area contributed by atoms with Gasteiger partial charge in [0.2, 0.25) is 0 Å². The topological polar surface area (TPSA) is 67.1 Å². The fraction of sp³-hybridized carbons (Fsp3) is 0.417. The number of benzene rings is 1. The predicted molar refractivity (Wildman–Crippen MR) is 64.2 cm³/mol. The molecular weight excluding hydrogens is 202 g/mol. The maximum absolute atomic E-state index is 11.4. The van der Waals surface area contributed by atoms with E-state index in [1.54, 1.807) is 0 Å². The van der Waals surface area contributed by atoms with Crippen LogP contribution >= 0.6 is 0 Å². The van der Waals surface area contributed by atoms with Crippen molar-refractivity contribution in [3.8, 4) is 0 Å². The van der Waals surface area contributed by atoms with Gasteiger partial charge in [0.15, 0.2) is 0 Å². The Morgan fingerprint density at radius 3 is 2.50 bits per heavy atom. The number of hydrogen-bond acceptors (Lipinski definition) is 2. The third-order valence-electron chi connectivity index (χ3n) is 2.61. The molecule has 1 saturated carbocycles. The Kier molecular flexibility index (Phi) is 3.10. The van der Waals surface area contributed by atoms with Crippen molar-refractivity contribution in [3.05, 3.63) is 29.8 Å². The minimum Gasteiger partial charge on any atom is -0.335 e. The summed E-state index contributed by atoms with van der Waals surface area (Å²) >= 11 is 0. The molecular formula is C12H17N3O. The van der Waals surface area contributed by atoms with E-state index in [0.29, 0.717) is 6.04 Å². The summed E-state index contributed by atoms with van der Waals surface area (Å²) in [7, 11) is 0. The van der Waals surface area contributed by atoms with Gasteiger partial charge in [0.1, 0.15) is 0 Å². The van der Waals surface area contributed by atoms with E-state index in [0.717, 1.165) is 24.1 Å². The van der Waals surface area contributed by atoms with Crippen LogP contribution in [0.4, 0.5) is 10.5 Å². The van der Waals surface area contributed by atoms with Gasteiger partial charge in [-0.15, -0.1) is 0 Å². The van der Waals surface area contributed by atoms with E-state index in [2.05, 4.69) is 10.6 Å². The molecule has 1 aromatic carbocycles. The van der Waals surface area contributed by atoms with Crippen molar-refractivity contribution in [2.75, 3.05) is 5.32 Å². The highest BCUT2D eigenvalue weighted by atomic mass is 16.2. The molecule has 0 bridgehead atoms. The lowest BCUT2D eigenvalue weighted by atomic mass is 10.1. The van der Waals surface area contributed by atoms with Gasteiger partial charge in [-0.3, -0.25) is 0 Å². The molecule has 2 rings (SSSR count). The SMILES string of the molecule is CC(N)c1ccc(NC(=O)NC2CC2)cc1. The van der Waals surface area contributed by atoms with Crippen molar-refractivity contribution in [1.82, 2.24) is 5.32 Å². The summed E-state index contributed by atoms with van der Waals surface area (Å²) in [6.07, 6.45) is 2.19. The first-order valence-corrected chi connectivity index (χ1v) is 5.58. The second-order valence-electron chi connectivity index (χ2n) is 4.28. The minimum atomic E-state index is -0.129. The maximum atomic E-state index is 11.4. The van der Waals surface area contributed by atoms with Crippen LogP contribution in [-0.2, 0) is 0 Å². The van der Waals surface area contributed by atoms with Gasteiger partial charge < -0.3 is 16.4 Å². The summed E-state index contributed by atoms with van der Waals surface area (Å²) in [6.45, 7) is 1.93. The van der Waals surface area contributed by atoms with Crippen LogP contribution in [0.1, 0.15) is 31.4 Å². The van der Waals surface area contributed by atoms with E-state index in [1.807, 2.05) is 31.2 Å². The molecule has 16 heavy (non-hydrogen) atoms. The second-order valence-corrected chi connectivity index (χ2v) is 4.28. The van der Waals surface area contributed by atoms with Crippen molar-refractivity contribution < 1.29 is 4.79 Å². The molecule has 1 fully saturated rings. The van der Waals surface area contributed by atoms with E-state index in [4.69, 9.17) is 5.73 Å².